The van der Waals surface area contributed by atoms with E-state index in [1.807, 2.05) is 13.0 Å². The Morgan fingerprint density at radius 3 is 2.42 bits per heavy atom. The van der Waals surface area contributed by atoms with Crippen LogP contribution < -0.4 is 19.7 Å². The maximum absolute atomic E-state index is 13.2. The summed E-state index contributed by atoms with van der Waals surface area (Å²) in [6.45, 7) is 5.05. The number of hydrogen-bond acceptors (Lipinski definition) is 5. The number of anilines is 1. The van der Waals surface area contributed by atoms with E-state index in [-0.39, 0.29) is 5.57 Å². The lowest BCUT2D eigenvalue weighted by Crippen LogP contribution is -2.54. The molecule has 8 heteroatoms. The standard InChI is InChI=1S/C25H27BrN2O5/c1-3-5-6-7-14-33-22-13-8-18(26)15-17(22)16-21-23(29)27-25(31)28(24(21)30)19-9-11-20(12-10-19)32-4-2/h8-13,15-16H,3-7,14H2,1-2H3,(H,27,29,31)/b21-16+. The minimum atomic E-state index is -0.798. The van der Waals surface area contributed by atoms with Gasteiger partial charge in [-0.05, 0) is 61.9 Å². The van der Waals surface area contributed by atoms with Gasteiger partial charge in [0, 0.05) is 10.0 Å². The van der Waals surface area contributed by atoms with Crippen LogP contribution in [-0.2, 0) is 9.59 Å². The van der Waals surface area contributed by atoms with Crippen molar-refractivity contribution in [2.24, 2.45) is 0 Å². The van der Waals surface area contributed by atoms with Crippen LogP contribution in [0.3, 0.4) is 0 Å². The van der Waals surface area contributed by atoms with Crippen molar-refractivity contribution in [1.29, 1.82) is 0 Å². The largest absolute Gasteiger partial charge is 0.494 e. The molecule has 1 aliphatic rings. The quantitative estimate of drug-likeness (QED) is 0.258. The lowest BCUT2D eigenvalue weighted by molar-refractivity contribution is -0.122. The molecule has 0 atom stereocenters. The average Bonchev–Trinajstić information content (AvgIpc) is 2.79. The van der Waals surface area contributed by atoms with Gasteiger partial charge < -0.3 is 9.47 Å². The second-order valence-corrected chi connectivity index (χ2v) is 8.39. The van der Waals surface area contributed by atoms with E-state index in [0.717, 1.165) is 35.1 Å². The lowest BCUT2D eigenvalue weighted by Gasteiger charge is -2.26. The lowest BCUT2D eigenvalue weighted by atomic mass is 10.1. The van der Waals surface area contributed by atoms with Crippen LogP contribution in [0.4, 0.5) is 10.5 Å². The van der Waals surface area contributed by atoms with Gasteiger partial charge >= 0.3 is 6.03 Å². The number of unbranched alkanes of at least 4 members (excludes halogenated alkanes) is 3. The Morgan fingerprint density at radius 1 is 0.970 bits per heavy atom. The number of hydrogen-bond donors (Lipinski definition) is 1. The molecule has 0 spiro atoms. The Hall–Kier alpha value is -3.13. The molecule has 1 fully saturated rings. The highest BCUT2D eigenvalue weighted by atomic mass is 79.9. The number of urea groups is 1. The van der Waals surface area contributed by atoms with Gasteiger partial charge in [0.05, 0.1) is 18.9 Å². The molecule has 1 aliphatic heterocycles. The van der Waals surface area contributed by atoms with E-state index in [1.54, 1.807) is 36.4 Å². The van der Waals surface area contributed by atoms with Crippen LogP contribution in [0.2, 0.25) is 0 Å². The molecule has 2 aromatic rings. The third-order valence-electron chi connectivity index (χ3n) is 5.03. The highest BCUT2D eigenvalue weighted by Gasteiger charge is 2.37. The average molecular weight is 515 g/mol. The summed E-state index contributed by atoms with van der Waals surface area (Å²) in [5.41, 5.74) is 0.748. The van der Waals surface area contributed by atoms with Crippen LogP contribution >= 0.6 is 15.9 Å². The number of ether oxygens (including phenoxy) is 2. The summed E-state index contributed by atoms with van der Waals surface area (Å²) in [5.74, 6) is -0.275. The molecule has 0 saturated carbocycles. The van der Waals surface area contributed by atoms with E-state index < -0.39 is 17.8 Å². The fraction of sp³-hybridized carbons (Fsp3) is 0.320. The third kappa shape index (κ3) is 6.22. The molecule has 1 saturated heterocycles. The number of benzene rings is 2. The molecule has 0 aliphatic carbocycles. The Labute approximate surface area is 201 Å². The number of carbonyl (C=O) groups excluding carboxylic acids is 3. The monoisotopic (exact) mass is 514 g/mol. The first-order valence-electron chi connectivity index (χ1n) is 11.0. The first kappa shape index (κ1) is 24.5. The van der Waals surface area contributed by atoms with Gasteiger partial charge in [0.1, 0.15) is 17.1 Å². The summed E-state index contributed by atoms with van der Waals surface area (Å²) in [6.07, 6.45) is 5.72. The molecule has 3 rings (SSSR count). The Morgan fingerprint density at radius 2 is 1.73 bits per heavy atom. The van der Waals surface area contributed by atoms with Crippen molar-refractivity contribution in [2.75, 3.05) is 18.1 Å². The second kappa shape index (κ2) is 11.7. The minimum absolute atomic E-state index is 0.155. The van der Waals surface area contributed by atoms with Crippen molar-refractivity contribution in [3.05, 3.63) is 58.1 Å². The Kier molecular flexibility index (Phi) is 8.65. The fourth-order valence-corrected chi connectivity index (χ4v) is 3.76. The highest BCUT2D eigenvalue weighted by Crippen LogP contribution is 2.29. The zero-order valence-corrected chi connectivity index (χ0v) is 20.3. The molecule has 0 radical (unpaired) electrons. The number of nitrogens with zero attached hydrogens (tertiary/aromatic N) is 1. The van der Waals surface area contributed by atoms with Crippen molar-refractivity contribution >= 4 is 45.5 Å². The number of halogens is 1. The minimum Gasteiger partial charge on any atom is -0.494 e. The van der Waals surface area contributed by atoms with Gasteiger partial charge in [-0.1, -0.05) is 42.1 Å². The van der Waals surface area contributed by atoms with Crippen LogP contribution in [0.1, 0.15) is 45.1 Å². The van der Waals surface area contributed by atoms with E-state index in [1.165, 1.54) is 6.08 Å². The molecule has 1 N–H and O–H groups in total. The number of nitrogens with one attached hydrogen (secondary N) is 1. The third-order valence-corrected chi connectivity index (χ3v) is 5.53. The number of barbiturate groups is 1. The topological polar surface area (TPSA) is 84.9 Å². The summed E-state index contributed by atoms with van der Waals surface area (Å²) in [7, 11) is 0. The molecular formula is C25H27BrN2O5. The van der Waals surface area contributed by atoms with E-state index >= 15 is 0 Å². The number of imide groups is 2. The highest BCUT2D eigenvalue weighted by molar-refractivity contribution is 9.10. The van der Waals surface area contributed by atoms with Crippen molar-refractivity contribution in [1.82, 2.24) is 5.32 Å². The zero-order valence-electron chi connectivity index (χ0n) is 18.7. The summed E-state index contributed by atoms with van der Waals surface area (Å²) >= 11 is 3.42. The van der Waals surface area contributed by atoms with Crippen LogP contribution in [0.25, 0.3) is 6.08 Å². The Balaban J connectivity index is 1.87. The maximum Gasteiger partial charge on any atom is 0.335 e. The molecule has 4 amide bonds. The Bertz CT molecular complexity index is 1050. The zero-order chi connectivity index (χ0) is 23.8. The molecule has 0 unspecified atom stereocenters. The van der Waals surface area contributed by atoms with E-state index in [0.29, 0.717) is 36.0 Å². The molecule has 7 nitrogen and oxygen atoms in total. The van der Waals surface area contributed by atoms with Gasteiger partial charge in [0.25, 0.3) is 11.8 Å². The molecule has 2 aromatic carbocycles. The maximum atomic E-state index is 13.2. The van der Waals surface area contributed by atoms with Gasteiger partial charge in [-0.25, -0.2) is 9.69 Å². The molecule has 0 bridgehead atoms. The first-order valence-corrected chi connectivity index (χ1v) is 11.8. The number of carbonyl (C=O) groups is 3. The molecule has 0 aromatic heterocycles. The predicted molar refractivity (Wildman–Crippen MR) is 130 cm³/mol. The van der Waals surface area contributed by atoms with Gasteiger partial charge in [-0.15, -0.1) is 0 Å². The van der Waals surface area contributed by atoms with Crippen molar-refractivity contribution in [3.63, 3.8) is 0 Å². The summed E-state index contributed by atoms with van der Waals surface area (Å²) in [6, 6.07) is 11.1. The number of rotatable bonds is 10. The van der Waals surface area contributed by atoms with Crippen molar-refractivity contribution in [3.8, 4) is 11.5 Å². The molecule has 174 valence electrons. The molecule has 33 heavy (non-hydrogen) atoms. The van der Waals surface area contributed by atoms with Crippen molar-refractivity contribution < 1.29 is 23.9 Å². The second-order valence-electron chi connectivity index (χ2n) is 7.48. The van der Waals surface area contributed by atoms with E-state index in [2.05, 4.69) is 28.2 Å². The van der Waals surface area contributed by atoms with Crippen LogP contribution in [0.5, 0.6) is 11.5 Å². The molecular weight excluding hydrogens is 488 g/mol. The summed E-state index contributed by atoms with van der Waals surface area (Å²) in [5, 5.41) is 2.24. The van der Waals surface area contributed by atoms with Gasteiger partial charge in [0.15, 0.2) is 0 Å². The van der Waals surface area contributed by atoms with Crippen LogP contribution in [0, 0.1) is 0 Å². The van der Waals surface area contributed by atoms with Gasteiger partial charge in [0.2, 0.25) is 0 Å². The van der Waals surface area contributed by atoms with Crippen LogP contribution in [0.15, 0.2) is 52.5 Å². The molecule has 1 heterocycles. The summed E-state index contributed by atoms with van der Waals surface area (Å²) in [4.78, 5) is 39.1. The van der Waals surface area contributed by atoms with Crippen LogP contribution in [-0.4, -0.2) is 31.1 Å². The normalized spacial score (nSPS) is 15.1. The van der Waals surface area contributed by atoms with Crippen molar-refractivity contribution in [2.45, 2.75) is 39.5 Å². The predicted octanol–water partition coefficient (Wildman–Crippen LogP) is 5.47. The fourth-order valence-electron chi connectivity index (χ4n) is 3.38. The number of amides is 4. The van der Waals surface area contributed by atoms with Gasteiger partial charge in [-0.3, -0.25) is 14.9 Å². The smallest absolute Gasteiger partial charge is 0.335 e. The first-order chi connectivity index (χ1) is 15.9. The van der Waals surface area contributed by atoms with Gasteiger partial charge in [-0.2, -0.15) is 0 Å². The SMILES string of the molecule is CCCCCCOc1ccc(Br)cc1/C=C1\C(=O)NC(=O)N(c2ccc(OCC)cc2)C1=O. The van der Waals surface area contributed by atoms with E-state index in [9.17, 15) is 14.4 Å². The van der Waals surface area contributed by atoms with E-state index in [4.69, 9.17) is 9.47 Å². The summed E-state index contributed by atoms with van der Waals surface area (Å²) < 4.78 is 12.1.